The number of hydrogen-bond donors (Lipinski definition) is 3. The molecule has 0 spiro atoms. The summed E-state index contributed by atoms with van der Waals surface area (Å²) in [5.41, 5.74) is -2.18. The fraction of sp³-hybridized carbons (Fsp3) is 0.923. The summed E-state index contributed by atoms with van der Waals surface area (Å²) in [4.78, 5) is 11.6. The lowest BCUT2D eigenvalue weighted by molar-refractivity contribution is -0.0963. The van der Waals surface area contributed by atoms with Crippen LogP contribution >= 0.6 is 0 Å². The van der Waals surface area contributed by atoms with Crippen LogP contribution in [0.2, 0.25) is 0 Å². The van der Waals surface area contributed by atoms with Gasteiger partial charge >= 0.3 is 6.09 Å². The van der Waals surface area contributed by atoms with Gasteiger partial charge in [0.25, 0.3) is 0 Å². The summed E-state index contributed by atoms with van der Waals surface area (Å²) in [5.74, 6) is 0. The Kier molecular flexibility index (Phi) is 5.28. The van der Waals surface area contributed by atoms with Gasteiger partial charge in [-0.25, -0.2) is 13.2 Å². The van der Waals surface area contributed by atoms with E-state index in [-0.39, 0.29) is 25.8 Å². The maximum absolute atomic E-state index is 11.6. The summed E-state index contributed by atoms with van der Waals surface area (Å²) in [6.07, 6.45) is -0.461. The van der Waals surface area contributed by atoms with E-state index in [4.69, 9.17) is 4.74 Å². The molecule has 1 aliphatic carbocycles. The fourth-order valence-electron chi connectivity index (χ4n) is 2.30. The van der Waals surface area contributed by atoms with E-state index in [1.165, 1.54) is 0 Å². The molecular weight excluding hydrogens is 298 g/mol. The summed E-state index contributed by atoms with van der Waals surface area (Å²) in [5, 5.41) is 22.1. The van der Waals surface area contributed by atoms with Crippen molar-refractivity contribution in [3.8, 4) is 0 Å². The molecule has 1 rings (SSSR count). The Balaban J connectivity index is 2.58. The normalized spacial score (nSPS) is 30.8. The molecule has 1 amide bonds. The first-order valence-corrected chi connectivity index (χ1v) is 8.85. The molecule has 0 bridgehead atoms. The minimum Gasteiger partial charge on any atom is -0.444 e. The number of rotatable bonds is 3. The van der Waals surface area contributed by atoms with E-state index in [0.29, 0.717) is 0 Å². The second-order valence-electron chi connectivity index (χ2n) is 6.70. The zero-order valence-electron chi connectivity index (χ0n) is 12.9. The van der Waals surface area contributed by atoms with E-state index < -0.39 is 38.5 Å². The molecule has 0 radical (unpaired) electrons. The number of carbonyl (C=O) groups excluding carboxylic acids is 1. The predicted octanol–water partition coefficient (Wildman–Crippen LogP) is 0.200. The summed E-state index contributed by atoms with van der Waals surface area (Å²) < 4.78 is 28.0. The van der Waals surface area contributed by atoms with Crippen LogP contribution in [-0.2, 0) is 14.6 Å². The van der Waals surface area contributed by atoms with Crippen molar-refractivity contribution in [2.45, 2.75) is 62.6 Å². The maximum Gasteiger partial charge on any atom is 0.407 e. The first-order valence-electron chi connectivity index (χ1n) is 6.90. The van der Waals surface area contributed by atoms with Crippen LogP contribution in [0.15, 0.2) is 0 Å². The van der Waals surface area contributed by atoms with Gasteiger partial charge in [0.1, 0.15) is 21.0 Å². The Hall–Kier alpha value is -0.860. The zero-order valence-corrected chi connectivity index (χ0v) is 13.7. The first kappa shape index (κ1) is 18.2. The quantitative estimate of drug-likeness (QED) is 0.684. The monoisotopic (exact) mass is 323 g/mol. The molecule has 0 aliphatic heterocycles. The van der Waals surface area contributed by atoms with Crippen LogP contribution in [0.5, 0.6) is 0 Å². The Morgan fingerprint density at radius 2 is 2.00 bits per heavy atom. The predicted molar refractivity (Wildman–Crippen MR) is 77.7 cm³/mol. The molecule has 0 aromatic rings. The van der Waals surface area contributed by atoms with Gasteiger partial charge in [0.2, 0.25) is 0 Å². The molecule has 124 valence electrons. The van der Waals surface area contributed by atoms with Crippen LogP contribution in [0, 0.1) is 0 Å². The highest BCUT2D eigenvalue weighted by Gasteiger charge is 2.44. The van der Waals surface area contributed by atoms with Gasteiger partial charge in [-0.05, 0) is 40.0 Å². The van der Waals surface area contributed by atoms with Gasteiger partial charge in [-0.3, -0.25) is 0 Å². The van der Waals surface area contributed by atoms with Gasteiger partial charge < -0.3 is 20.3 Å². The van der Waals surface area contributed by atoms with E-state index in [1.807, 2.05) is 0 Å². The third-order valence-corrected chi connectivity index (χ3v) is 5.19. The number of carbonyl (C=O) groups is 1. The topological polar surface area (TPSA) is 113 Å². The average molecular weight is 323 g/mol. The van der Waals surface area contributed by atoms with Crippen molar-refractivity contribution >= 4 is 15.9 Å². The van der Waals surface area contributed by atoms with E-state index in [0.717, 1.165) is 6.26 Å². The minimum atomic E-state index is -3.25. The number of alkyl carbamates (subject to hydrolysis) is 1. The largest absolute Gasteiger partial charge is 0.444 e. The number of amides is 1. The number of sulfone groups is 1. The molecule has 1 aliphatic rings. The molecule has 8 heteroatoms. The van der Waals surface area contributed by atoms with Gasteiger partial charge in [-0.1, -0.05) is 0 Å². The van der Waals surface area contributed by atoms with Crippen LogP contribution in [0.1, 0.15) is 40.0 Å². The minimum absolute atomic E-state index is 0.0364. The second kappa shape index (κ2) is 6.10. The van der Waals surface area contributed by atoms with Gasteiger partial charge in [0.15, 0.2) is 0 Å². The third kappa shape index (κ3) is 5.44. The molecular formula is C13H25NO6S. The van der Waals surface area contributed by atoms with Crippen LogP contribution in [0.4, 0.5) is 4.79 Å². The SMILES string of the molecule is CC(C)(C)OC(=O)NC[C@]1(O)CCC(S(C)(=O)=O)C[C@H]1O. The highest BCUT2D eigenvalue weighted by atomic mass is 32.2. The number of ether oxygens (including phenoxy) is 1. The molecule has 1 saturated carbocycles. The zero-order chi connectivity index (χ0) is 16.5. The van der Waals surface area contributed by atoms with Crippen LogP contribution < -0.4 is 5.32 Å². The van der Waals surface area contributed by atoms with E-state index in [9.17, 15) is 23.4 Å². The number of aliphatic hydroxyl groups is 2. The van der Waals surface area contributed by atoms with Gasteiger partial charge in [0, 0.05) is 6.26 Å². The van der Waals surface area contributed by atoms with Crippen LogP contribution in [-0.4, -0.2) is 60.1 Å². The Labute approximate surface area is 125 Å². The molecule has 1 fully saturated rings. The lowest BCUT2D eigenvalue weighted by atomic mass is 9.82. The van der Waals surface area contributed by atoms with Crippen molar-refractivity contribution in [2.24, 2.45) is 0 Å². The maximum atomic E-state index is 11.6. The standard InChI is InChI=1S/C13H25NO6S/c1-12(2,3)20-11(16)14-8-13(17)6-5-9(7-10(13)15)21(4,18)19/h9-10,15,17H,5-8H2,1-4H3,(H,14,16)/t9?,10-,13-/m1/s1. The van der Waals surface area contributed by atoms with Crippen molar-refractivity contribution in [1.29, 1.82) is 0 Å². The molecule has 3 atom stereocenters. The lowest BCUT2D eigenvalue weighted by Crippen LogP contribution is -2.56. The smallest absolute Gasteiger partial charge is 0.407 e. The van der Waals surface area contributed by atoms with Crippen molar-refractivity contribution < 1.29 is 28.2 Å². The summed E-state index contributed by atoms with van der Waals surface area (Å²) in [6.45, 7) is 4.97. The third-order valence-electron chi connectivity index (χ3n) is 3.55. The Bertz CT molecular complexity index is 483. The van der Waals surface area contributed by atoms with Crippen molar-refractivity contribution in [3.63, 3.8) is 0 Å². The van der Waals surface area contributed by atoms with E-state index >= 15 is 0 Å². The summed E-state index contributed by atoms with van der Waals surface area (Å²) >= 11 is 0. The molecule has 1 unspecified atom stereocenters. The van der Waals surface area contributed by atoms with E-state index in [1.54, 1.807) is 20.8 Å². The second-order valence-corrected chi connectivity index (χ2v) is 9.03. The first-order chi connectivity index (χ1) is 9.33. The van der Waals surface area contributed by atoms with Gasteiger partial charge in [-0.15, -0.1) is 0 Å². The number of aliphatic hydroxyl groups excluding tert-OH is 1. The van der Waals surface area contributed by atoms with Crippen LogP contribution in [0.25, 0.3) is 0 Å². The molecule has 0 saturated heterocycles. The summed E-state index contributed by atoms with van der Waals surface area (Å²) in [7, 11) is -3.25. The lowest BCUT2D eigenvalue weighted by Gasteiger charge is -2.39. The molecule has 21 heavy (non-hydrogen) atoms. The highest BCUT2D eigenvalue weighted by molar-refractivity contribution is 7.91. The van der Waals surface area contributed by atoms with Crippen molar-refractivity contribution in [2.75, 3.05) is 12.8 Å². The van der Waals surface area contributed by atoms with Crippen molar-refractivity contribution in [3.05, 3.63) is 0 Å². The number of nitrogens with one attached hydrogen (secondary N) is 1. The molecule has 3 N–H and O–H groups in total. The number of hydrogen-bond acceptors (Lipinski definition) is 6. The molecule has 7 nitrogen and oxygen atoms in total. The Morgan fingerprint density at radius 1 is 1.43 bits per heavy atom. The molecule has 0 aromatic heterocycles. The van der Waals surface area contributed by atoms with Crippen molar-refractivity contribution in [1.82, 2.24) is 5.32 Å². The van der Waals surface area contributed by atoms with E-state index in [2.05, 4.69) is 5.32 Å². The van der Waals surface area contributed by atoms with Gasteiger partial charge in [0.05, 0.1) is 17.9 Å². The molecule has 0 heterocycles. The highest BCUT2D eigenvalue weighted by Crippen LogP contribution is 2.31. The molecule has 0 aromatic carbocycles. The fourth-order valence-corrected chi connectivity index (χ4v) is 3.38. The summed E-state index contributed by atoms with van der Waals surface area (Å²) in [6, 6.07) is 0. The average Bonchev–Trinajstić information content (AvgIpc) is 2.27. The van der Waals surface area contributed by atoms with Crippen LogP contribution in [0.3, 0.4) is 0 Å². The Morgan fingerprint density at radius 3 is 2.43 bits per heavy atom. The van der Waals surface area contributed by atoms with Gasteiger partial charge in [-0.2, -0.15) is 0 Å².